The molecule has 0 saturated heterocycles. The molecule has 0 fully saturated rings. The Balaban J connectivity index is 1.95. The molecule has 4 aromatic rings. The number of aromatic nitrogens is 3. The molecule has 1 atom stereocenters. The summed E-state index contributed by atoms with van der Waals surface area (Å²) in [6.45, 7) is 7.67. The summed E-state index contributed by atoms with van der Waals surface area (Å²) in [7, 11) is 0. The average molecular weight is 416 g/mol. The fourth-order valence-electron chi connectivity index (χ4n) is 3.59. The Morgan fingerprint density at radius 3 is 2.27 bits per heavy atom. The van der Waals surface area contributed by atoms with Gasteiger partial charge in [-0.1, -0.05) is 72.4 Å². The summed E-state index contributed by atoms with van der Waals surface area (Å²) in [6.07, 6.45) is 0.752. The maximum atomic E-state index is 12.1. The number of ketones is 1. The highest BCUT2D eigenvalue weighted by atomic mass is 32.2. The van der Waals surface area contributed by atoms with E-state index in [1.807, 2.05) is 54.8 Å². The standard InChI is InChI=1S/C25H25N3OS/c1-16-22(15-20-11-7-5-8-12-20)25(30-19(4)18(3)29)28-24(26-16)23(17(2)27-28)21-13-9-6-10-14-21/h5-14,19H,15H2,1-4H3. The number of hydrogen-bond acceptors (Lipinski definition) is 4. The van der Waals surface area contributed by atoms with Crippen molar-refractivity contribution in [3.05, 3.63) is 83.2 Å². The molecule has 30 heavy (non-hydrogen) atoms. The van der Waals surface area contributed by atoms with Gasteiger partial charge in [0.1, 0.15) is 10.8 Å². The van der Waals surface area contributed by atoms with Crippen LogP contribution in [-0.2, 0) is 11.2 Å². The second kappa shape index (κ2) is 8.44. The molecule has 0 aliphatic carbocycles. The lowest BCUT2D eigenvalue weighted by Crippen LogP contribution is -2.12. The minimum atomic E-state index is -0.158. The van der Waals surface area contributed by atoms with Gasteiger partial charge < -0.3 is 0 Å². The third kappa shape index (κ3) is 3.90. The lowest BCUT2D eigenvalue weighted by atomic mass is 10.0. The Bertz CT molecular complexity index is 1200. The van der Waals surface area contributed by atoms with E-state index in [0.29, 0.717) is 0 Å². The van der Waals surface area contributed by atoms with Crippen molar-refractivity contribution in [2.75, 3.05) is 0 Å². The number of carbonyl (C=O) groups is 1. The van der Waals surface area contributed by atoms with Gasteiger partial charge in [-0.15, -0.1) is 0 Å². The number of carbonyl (C=O) groups excluding carboxylic acids is 1. The molecule has 5 heteroatoms. The first-order valence-electron chi connectivity index (χ1n) is 10.1. The topological polar surface area (TPSA) is 47.3 Å². The van der Waals surface area contributed by atoms with Crippen molar-refractivity contribution < 1.29 is 4.79 Å². The third-order valence-corrected chi connectivity index (χ3v) is 6.67. The SMILES string of the molecule is CC(=O)C(C)Sc1c(Cc2ccccc2)c(C)nc2c(-c3ccccc3)c(C)nn12. The maximum absolute atomic E-state index is 12.1. The zero-order chi connectivity index (χ0) is 21.3. The normalized spacial score (nSPS) is 12.3. The summed E-state index contributed by atoms with van der Waals surface area (Å²) in [5, 5.41) is 5.70. The maximum Gasteiger partial charge on any atom is 0.164 e. The number of hydrogen-bond donors (Lipinski definition) is 0. The minimum Gasteiger partial charge on any atom is -0.299 e. The molecule has 2 aromatic heterocycles. The van der Waals surface area contributed by atoms with Crippen molar-refractivity contribution in [2.24, 2.45) is 0 Å². The number of nitrogens with zero attached hydrogens (tertiary/aromatic N) is 3. The highest BCUT2D eigenvalue weighted by Gasteiger charge is 2.23. The fourth-order valence-corrected chi connectivity index (χ4v) is 4.68. The van der Waals surface area contributed by atoms with Crippen molar-refractivity contribution >= 4 is 23.2 Å². The number of Topliss-reactive ketones (excluding diaryl/α,β-unsaturated/α-hetero) is 1. The monoisotopic (exact) mass is 415 g/mol. The second-order valence-corrected chi connectivity index (χ2v) is 8.91. The second-order valence-electron chi connectivity index (χ2n) is 7.58. The average Bonchev–Trinajstić information content (AvgIpc) is 3.07. The van der Waals surface area contributed by atoms with E-state index in [4.69, 9.17) is 10.1 Å². The van der Waals surface area contributed by atoms with Crippen LogP contribution in [0.2, 0.25) is 0 Å². The van der Waals surface area contributed by atoms with Crippen molar-refractivity contribution in [2.45, 2.75) is 44.4 Å². The van der Waals surface area contributed by atoms with Gasteiger partial charge in [-0.25, -0.2) is 9.50 Å². The fraction of sp³-hybridized carbons (Fsp3) is 0.240. The molecule has 4 rings (SSSR count). The molecule has 0 bridgehead atoms. The molecule has 0 N–H and O–H groups in total. The molecule has 0 aliphatic heterocycles. The molecular formula is C25H25N3OS. The van der Waals surface area contributed by atoms with Crippen LogP contribution in [0.15, 0.2) is 65.7 Å². The van der Waals surface area contributed by atoms with Crippen LogP contribution in [0.1, 0.15) is 36.4 Å². The van der Waals surface area contributed by atoms with E-state index in [1.165, 1.54) is 5.56 Å². The van der Waals surface area contributed by atoms with Gasteiger partial charge in [0.15, 0.2) is 5.65 Å². The van der Waals surface area contributed by atoms with Crippen molar-refractivity contribution in [1.29, 1.82) is 0 Å². The predicted octanol–water partition coefficient (Wildman–Crippen LogP) is 5.67. The van der Waals surface area contributed by atoms with Gasteiger partial charge in [0, 0.05) is 23.2 Å². The first-order chi connectivity index (χ1) is 14.5. The zero-order valence-corrected chi connectivity index (χ0v) is 18.5. The quantitative estimate of drug-likeness (QED) is 0.300. The predicted molar refractivity (Wildman–Crippen MR) is 123 cm³/mol. The molecule has 2 heterocycles. The molecule has 2 aromatic carbocycles. The summed E-state index contributed by atoms with van der Waals surface area (Å²) in [5.41, 5.74) is 7.22. The zero-order valence-electron chi connectivity index (χ0n) is 17.7. The molecule has 4 nitrogen and oxygen atoms in total. The third-order valence-electron chi connectivity index (χ3n) is 5.34. The lowest BCUT2D eigenvalue weighted by molar-refractivity contribution is -0.116. The number of fused-ring (bicyclic) bond motifs is 1. The van der Waals surface area contributed by atoms with Gasteiger partial charge in [0.05, 0.1) is 10.9 Å². The van der Waals surface area contributed by atoms with Gasteiger partial charge in [0.25, 0.3) is 0 Å². The van der Waals surface area contributed by atoms with Crippen molar-refractivity contribution in [3.8, 4) is 11.1 Å². The van der Waals surface area contributed by atoms with Gasteiger partial charge in [-0.2, -0.15) is 5.10 Å². The summed E-state index contributed by atoms with van der Waals surface area (Å²) in [4.78, 5) is 17.1. The van der Waals surface area contributed by atoms with E-state index in [1.54, 1.807) is 18.7 Å². The first-order valence-corrected chi connectivity index (χ1v) is 11.0. The van der Waals surface area contributed by atoms with E-state index < -0.39 is 0 Å². The highest BCUT2D eigenvalue weighted by molar-refractivity contribution is 8.00. The summed E-state index contributed by atoms with van der Waals surface area (Å²) < 4.78 is 1.94. The molecule has 1 unspecified atom stereocenters. The Kier molecular flexibility index (Phi) is 5.73. The van der Waals surface area contributed by atoms with Crippen LogP contribution in [0.3, 0.4) is 0 Å². The van der Waals surface area contributed by atoms with Crippen molar-refractivity contribution in [3.63, 3.8) is 0 Å². The van der Waals surface area contributed by atoms with E-state index in [2.05, 4.69) is 31.2 Å². The van der Waals surface area contributed by atoms with Gasteiger partial charge in [-0.3, -0.25) is 4.79 Å². The largest absolute Gasteiger partial charge is 0.299 e. The Hall–Kier alpha value is -2.92. The van der Waals surface area contributed by atoms with Crippen molar-refractivity contribution in [1.82, 2.24) is 14.6 Å². The summed E-state index contributed by atoms with van der Waals surface area (Å²) >= 11 is 1.57. The minimum absolute atomic E-state index is 0.153. The molecule has 0 spiro atoms. The first kappa shape index (κ1) is 20.4. The van der Waals surface area contributed by atoms with Gasteiger partial charge >= 0.3 is 0 Å². The van der Waals surface area contributed by atoms with Crippen LogP contribution >= 0.6 is 11.8 Å². The Labute approximate surface area is 181 Å². The summed E-state index contributed by atoms with van der Waals surface area (Å²) in [5.74, 6) is 0.153. The van der Waals surface area contributed by atoms with E-state index in [0.717, 1.165) is 45.2 Å². The smallest absolute Gasteiger partial charge is 0.164 e. The van der Waals surface area contributed by atoms with Crippen LogP contribution in [0.5, 0.6) is 0 Å². The molecular weight excluding hydrogens is 390 g/mol. The highest BCUT2D eigenvalue weighted by Crippen LogP contribution is 2.35. The number of thioether (sulfide) groups is 1. The Morgan fingerprint density at radius 1 is 1.00 bits per heavy atom. The Morgan fingerprint density at radius 2 is 1.63 bits per heavy atom. The number of aryl methyl sites for hydroxylation is 2. The molecule has 0 aliphatic rings. The molecule has 152 valence electrons. The summed E-state index contributed by atoms with van der Waals surface area (Å²) in [6, 6.07) is 20.6. The molecule has 0 radical (unpaired) electrons. The van der Waals surface area contributed by atoms with Gasteiger partial charge in [-0.05, 0) is 38.8 Å². The lowest BCUT2D eigenvalue weighted by Gasteiger charge is -2.16. The van der Waals surface area contributed by atoms with Crippen LogP contribution in [0.4, 0.5) is 0 Å². The van der Waals surface area contributed by atoms with E-state index in [-0.39, 0.29) is 11.0 Å². The van der Waals surface area contributed by atoms with Crippen LogP contribution < -0.4 is 0 Å². The van der Waals surface area contributed by atoms with E-state index >= 15 is 0 Å². The van der Waals surface area contributed by atoms with Crippen LogP contribution in [0, 0.1) is 13.8 Å². The van der Waals surface area contributed by atoms with Crippen LogP contribution in [-0.4, -0.2) is 25.6 Å². The van der Waals surface area contributed by atoms with Gasteiger partial charge in [0.2, 0.25) is 0 Å². The molecule has 0 amide bonds. The van der Waals surface area contributed by atoms with E-state index in [9.17, 15) is 4.79 Å². The number of rotatable bonds is 6. The van der Waals surface area contributed by atoms with Crippen LogP contribution in [0.25, 0.3) is 16.8 Å². The number of benzene rings is 2. The molecule has 0 saturated carbocycles.